The van der Waals surface area contributed by atoms with Crippen molar-refractivity contribution in [3.63, 3.8) is 0 Å². The first kappa shape index (κ1) is 24.0. The zero-order valence-corrected chi connectivity index (χ0v) is 18.9. The largest absolute Gasteiger partial charge is 0.358 e. The molecule has 0 nitrogen and oxygen atoms in total. The van der Waals surface area contributed by atoms with Crippen molar-refractivity contribution in [2.24, 2.45) is 0 Å². The van der Waals surface area contributed by atoms with Crippen molar-refractivity contribution in [2.75, 3.05) is 0 Å². The molecule has 134 valence electrons. The molecule has 0 bridgehead atoms. The fourth-order valence-corrected chi connectivity index (χ4v) is 2.37. The Hall–Kier alpha value is -1.01. The van der Waals surface area contributed by atoms with Gasteiger partial charge < -0.3 is 14.9 Å². The Bertz CT molecular complexity index is 819. The van der Waals surface area contributed by atoms with Crippen molar-refractivity contribution < 1.29 is 18.9 Å². The maximum atomic E-state index is 5.13. The van der Waals surface area contributed by atoms with Gasteiger partial charge in [0.1, 0.15) is 0 Å². The molecule has 0 saturated carbocycles. The van der Waals surface area contributed by atoms with E-state index in [1.54, 1.807) is 0 Å². The Labute approximate surface area is 167 Å². The first-order chi connectivity index (χ1) is 11.1. The average molecular weight is 451 g/mol. The van der Waals surface area contributed by atoms with Gasteiger partial charge in [0.2, 0.25) is 0 Å². The number of benzene rings is 2. The van der Waals surface area contributed by atoms with Crippen molar-refractivity contribution in [3.8, 4) is 0 Å². The van der Waals surface area contributed by atoms with Crippen LogP contribution < -0.4 is 0 Å². The summed E-state index contributed by atoms with van der Waals surface area (Å²) in [6.45, 7) is 2.08. The molecule has 0 aliphatic carbocycles. The summed E-state index contributed by atoms with van der Waals surface area (Å²) in [7, 11) is 10.3. The summed E-state index contributed by atoms with van der Waals surface area (Å²) >= 11 is -1.85. The van der Waals surface area contributed by atoms with Gasteiger partial charge in [-0.15, -0.1) is 39.7 Å². The van der Waals surface area contributed by atoms with Gasteiger partial charge in [-0.25, -0.2) is 11.6 Å². The van der Waals surface area contributed by atoms with Gasteiger partial charge in [-0.05, 0) is 0 Å². The topological polar surface area (TPSA) is 0 Å². The zero-order chi connectivity index (χ0) is 16.7. The van der Waals surface area contributed by atoms with E-state index in [4.69, 9.17) is 17.0 Å². The first-order valence-corrected chi connectivity index (χ1v) is 15.4. The van der Waals surface area contributed by atoms with Crippen LogP contribution in [0.4, 0.5) is 0 Å². The molecule has 0 aliphatic rings. The molecule has 0 aliphatic heterocycles. The smallest absolute Gasteiger partial charge is 0.0771 e. The molecule has 4 rings (SSSR count). The molecule has 0 N–H and O–H groups in total. The minimum absolute atomic E-state index is 0. The minimum Gasteiger partial charge on any atom is -0.358 e. The van der Waals surface area contributed by atoms with E-state index >= 15 is 0 Å². The fourth-order valence-electron chi connectivity index (χ4n) is 2.37. The predicted molar refractivity (Wildman–Crippen MR) is 115 cm³/mol. The third kappa shape index (κ3) is 7.82. The molecule has 0 aromatic heterocycles. The van der Waals surface area contributed by atoms with Crippen LogP contribution in [0.25, 0.3) is 21.5 Å². The number of aryl methyl sites for hydroxylation is 1. The van der Waals surface area contributed by atoms with Gasteiger partial charge in [-0.2, -0.15) is 18.2 Å². The van der Waals surface area contributed by atoms with Crippen LogP contribution in [0.3, 0.4) is 0 Å². The molecule has 0 atom stereocenters. The van der Waals surface area contributed by atoms with E-state index < -0.39 is 18.9 Å². The second-order valence-corrected chi connectivity index (χ2v) is 13.3. The van der Waals surface area contributed by atoms with Crippen LogP contribution in [0.15, 0.2) is 78.9 Å². The third-order valence-corrected chi connectivity index (χ3v) is 3.35. The molecule has 0 unspecified atom stereocenters. The van der Waals surface area contributed by atoms with E-state index in [-0.39, 0.29) is 14.9 Å². The molecule has 0 spiro atoms. The van der Waals surface area contributed by atoms with Gasteiger partial charge in [0, 0.05) is 0 Å². The molecular weight excluding hydrogens is 426 g/mol. The molecular formula is C22H24Cl2Zr-4. The Morgan fingerprint density at radius 2 is 1.28 bits per heavy atom. The summed E-state index contributed by atoms with van der Waals surface area (Å²) in [6, 6.07) is 27.5. The molecule has 4 aromatic carbocycles. The third-order valence-electron chi connectivity index (χ3n) is 3.35. The summed E-state index contributed by atoms with van der Waals surface area (Å²) in [5.41, 5.74) is 1.34. The summed E-state index contributed by atoms with van der Waals surface area (Å²) in [5, 5.41) is 5.39. The Balaban J connectivity index is 0.000000410. The number of hydrogen-bond acceptors (Lipinski definition) is 0. The van der Waals surface area contributed by atoms with Crippen LogP contribution in [0.5, 0.6) is 0 Å². The van der Waals surface area contributed by atoms with E-state index in [9.17, 15) is 0 Å². The zero-order valence-electron chi connectivity index (χ0n) is 15.0. The number of fused-ring (bicyclic) bond motifs is 3. The normalized spacial score (nSPS) is 8.92. The van der Waals surface area contributed by atoms with Gasteiger partial charge in [-0.3, -0.25) is 0 Å². The van der Waals surface area contributed by atoms with E-state index in [0.717, 1.165) is 0 Å². The van der Waals surface area contributed by atoms with Crippen LogP contribution in [0.2, 0.25) is 0 Å². The summed E-state index contributed by atoms with van der Waals surface area (Å²) < 4.78 is 3.37. The van der Waals surface area contributed by atoms with E-state index in [1.165, 1.54) is 27.1 Å². The van der Waals surface area contributed by atoms with E-state index in [2.05, 4.69) is 77.9 Å². The van der Waals surface area contributed by atoms with E-state index in [0.29, 0.717) is 0 Å². The minimum atomic E-state index is -1.85. The van der Waals surface area contributed by atoms with Crippen molar-refractivity contribution in [1.82, 2.24) is 0 Å². The summed E-state index contributed by atoms with van der Waals surface area (Å²) in [5.74, 6) is 0. The number of hydrogen-bond donors (Lipinski definition) is 0. The van der Waals surface area contributed by atoms with Gasteiger partial charge in [0.25, 0.3) is 0 Å². The molecule has 3 heteroatoms. The second kappa shape index (κ2) is 12.4. The number of rotatable bonds is 0. The quantitative estimate of drug-likeness (QED) is 0.241. The Kier molecular flexibility index (Phi) is 11.9. The van der Waals surface area contributed by atoms with Gasteiger partial charge >= 0.3 is 40.1 Å². The monoisotopic (exact) mass is 448 g/mol. The van der Waals surface area contributed by atoms with Gasteiger partial charge in [-0.1, -0.05) is 43.3 Å². The average Bonchev–Trinajstić information content (AvgIpc) is 3.13. The molecule has 0 fully saturated rings. The molecule has 4 aromatic rings. The van der Waals surface area contributed by atoms with Crippen molar-refractivity contribution in [1.29, 1.82) is 0 Å². The van der Waals surface area contributed by atoms with Gasteiger partial charge in [0.05, 0.1) is 0 Å². The van der Waals surface area contributed by atoms with Crippen LogP contribution in [-0.4, -0.2) is 4.21 Å². The maximum Gasteiger partial charge on any atom is -0.0771 e. The standard InChI is InChI=1S/C13H9.C6H7.2CH3.CH2.2ClH.Zr/c1-3-7-12-10(5-1)9-11-6-2-4-8-13(11)12;1-6-4-2-3-5-6;;;;;;/h1-9H;2-5H,1H3;2*1H3;1H2;2*1H;/q4*-1;;;;+2/p-2. The van der Waals surface area contributed by atoms with Gasteiger partial charge in [0.15, 0.2) is 0 Å². The maximum absolute atomic E-state index is 5.13. The Morgan fingerprint density at radius 3 is 1.60 bits per heavy atom. The van der Waals surface area contributed by atoms with Crippen LogP contribution in [0, 0.1) is 21.8 Å². The first-order valence-electron chi connectivity index (χ1n) is 7.29. The molecule has 25 heavy (non-hydrogen) atoms. The summed E-state index contributed by atoms with van der Waals surface area (Å²) in [4.78, 5) is 0. The van der Waals surface area contributed by atoms with Crippen molar-refractivity contribution in [2.45, 2.75) is 6.92 Å². The van der Waals surface area contributed by atoms with Crippen LogP contribution in [0.1, 0.15) is 5.56 Å². The van der Waals surface area contributed by atoms with Crippen LogP contribution >= 0.6 is 17.0 Å². The van der Waals surface area contributed by atoms with Crippen molar-refractivity contribution >= 4 is 42.8 Å². The SMILES string of the molecule is Cc1cc[cH-]c1.[CH2]=[Zr]([Cl])[Cl].[CH3-].[CH3-].c1ccc2c(c1)[cH-]c1ccccc12. The summed E-state index contributed by atoms with van der Waals surface area (Å²) in [6.07, 6.45) is 0. The molecule has 0 saturated heterocycles. The fraction of sp³-hybridized carbons (Fsp3) is 0.0455. The van der Waals surface area contributed by atoms with Crippen molar-refractivity contribution in [3.05, 3.63) is 99.3 Å². The van der Waals surface area contributed by atoms with Crippen LogP contribution in [-0.2, 0) is 18.9 Å². The Morgan fingerprint density at radius 1 is 0.840 bits per heavy atom. The molecule has 0 radical (unpaired) electrons. The second-order valence-electron chi connectivity index (χ2n) is 5.12. The van der Waals surface area contributed by atoms with E-state index in [1.807, 2.05) is 12.1 Å². The molecule has 0 amide bonds. The molecule has 0 heterocycles. The number of halogens is 2. The predicted octanol–water partition coefficient (Wildman–Crippen LogP) is 7.67.